The van der Waals surface area contributed by atoms with E-state index in [0.29, 0.717) is 18.0 Å². The summed E-state index contributed by atoms with van der Waals surface area (Å²) in [5.41, 5.74) is 0.772. The average Bonchev–Trinajstić information content (AvgIpc) is 2.27. The van der Waals surface area contributed by atoms with Crippen molar-refractivity contribution in [3.05, 3.63) is 24.3 Å². The second-order valence-corrected chi connectivity index (χ2v) is 5.32. The van der Waals surface area contributed by atoms with Crippen LogP contribution >= 0.6 is 15.9 Å². The molecular formula is C13H18BrNO2. The molecule has 1 N–H and O–H groups in total. The number of nitrogens with one attached hydrogen (secondary N) is 1. The van der Waals surface area contributed by atoms with Crippen LogP contribution in [0.3, 0.4) is 0 Å². The van der Waals surface area contributed by atoms with Gasteiger partial charge in [0, 0.05) is 17.7 Å². The first-order valence-corrected chi connectivity index (χ1v) is 6.62. The third-order valence-corrected chi connectivity index (χ3v) is 3.70. The van der Waals surface area contributed by atoms with Gasteiger partial charge < -0.3 is 10.1 Å². The molecular weight excluding hydrogens is 282 g/mol. The monoisotopic (exact) mass is 299 g/mol. The number of alkyl halides is 1. The van der Waals surface area contributed by atoms with Crippen molar-refractivity contribution in [1.82, 2.24) is 0 Å². The number of halogens is 1. The van der Waals surface area contributed by atoms with Crippen LogP contribution in [0, 0.1) is 5.41 Å². The van der Waals surface area contributed by atoms with E-state index in [4.69, 9.17) is 4.74 Å². The van der Waals surface area contributed by atoms with Crippen molar-refractivity contribution in [2.24, 2.45) is 5.41 Å². The van der Waals surface area contributed by atoms with Crippen LogP contribution in [-0.2, 0) is 4.79 Å². The quantitative estimate of drug-likeness (QED) is 0.846. The third kappa shape index (κ3) is 4.77. The van der Waals surface area contributed by atoms with E-state index in [2.05, 4.69) is 35.1 Å². The highest BCUT2D eigenvalue weighted by atomic mass is 79.9. The van der Waals surface area contributed by atoms with Crippen molar-refractivity contribution in [3.63, 3.8) is 0 Å². The molecule has 0 heterocycles. The molecule has 0 bridgehead atoms. The van der Waals surface area contributed by atoms with Crippen LogP contribution < -0.4 is 10.1 Å². The van der Waals surface area contributed by atoms with Gasteiger partial charge >= 0.3 is 0 Å². The number of amides is 1. The van der Waals surface area contributed by atoms with Crippen molar-refractivity contribution in [2.75, 3.05) is 17.3 Å². The number of carbonyl (C=O) groups is 1. The van der Waals surface area contributed by atoms with Crippen LogP contribution in [-0.4, -0.2) is 17.8 Å². The summed E-state index contributed by atoms with van der Waals surface area (Å²) in [4.78, 5) is 11.0. The molecule has 3 nitrogen and oxygen atoms in total. The largest absolute Gasteiger partial charge is 0.491 e. The highest BCUT2D eigenvalue weighted by Crippen LogP contribution is 2.26. The maximum atomic E-state index is 11.0. The Morgan fingerprint density at radius 1 is 1.41 bits per heavy atom. The SMILES string of the molecule is CC(=O)Nc1ccccc1OCC(C)(C)CBr. The first kappa shape index (κ1) is 14.0. The van der Waals surface area contributed by atoms with Gasteiger partial charge in [0.15, 0.2) is 0 Å². The number of ether oxygens (including phenoxy) is 1. The van der Waals surface area contributed by atoms with Gasteiger partial charge in [-0.1, -0.05) is 41.9 Å². The topological polar surface area (TPSA) is 38.3 Å². The first-order valence-electron chi connectivity index (χ1n) is 5.50. The molecule has 4 heteroatoms. The Labute approximate surface area is 111 Å². The first-order chi connectivity index (χ1) is 7.94. The molecule has 0 aromatic heterocycles. The molecule has 94 valence electrons. The van der Waals surface area contributed by atoms with E-state index in [1.54, 1.807) is 0 Å². The van der Waals surface area contributed by atoms with Crippen molar-refractivity contribution >= 4 is 27.5 Å². The lowest BCUT2D eigenvalue weighted by Gasteiger charge is -2.22. The summed E-state index contributed by atoms with van der Waals surface area (Å²) in [5, 5.41) is 3.62. The number of para-hydroxylation sites is 2. The minimum absolute atomic E-state index is 0.0589. The lowest BCUT2D eigenvalue weighted by Crippen LogP contribution is -2.23. The molecule has 1 amide bonds. The van der Waals surface area contributed by atoms with E-state index in [1.165, 1.54) is 6.92 Å². The van der Waals surface area contributed by atoms with Crippen LogP contribution in [0.2, 0.25) is 0 Å². The zero-order valence-electron chi connectivity index (χ0n) is 10.4. The normalized spacial score (nSPS) is 11.1. The molecule has 0 aliphatic rings. The summed E-state index contributed by atoms with van der Waals surface area (Å²) in [6.45, 7) is 6.31. The molecule has 0 atom stereocenters. The van der Waals surface area contributed by atoms with Gasteiger partial charge in [-0.2, -0.15) is 0 Å². The van der Waals surface area contributed by atoms with E-state index < -0.39 is 0 Å². The van der Waals surface area contributed by atoms with E-state index in [1.807, 2.05) is 24.3 Å². The molecule has 0 radical (unpaired) electrons. The molecule has 0 saturated carbocycles. The molecule has 0 aliphatic carbocycles. The predicted molar refractivity (Wildman–Crippen MR) is 73.8 cm³/mol. The third-order valence-electron chi connectivity index (χ3n) is 2.18. The summed E-state index contributed by atoms with van der Waals surface area (Å²) < 4.78 is 5.75. The second-order valence-electron chi connectivity index (χ2n) is 4.76. The minimum atomic E-state index is -0.0965. The summed E-state index contributed by atoms with van der Waals surface area (Å²) in [6.07, 6.45) is 0. The lowest BCUT2D eigenvalue weighted by molar-refractivity contribution is -0.114. The van der Waals surface area contributed by atoms with E-state index in [0.717, 1.165) is 5.33 Å². The maximum Gasteiger partial charge on any atom is 0.221 e. The van der Waals surface area contributed by atoms with Crippen LogP contribution in [0.25, 0.3) is 0 Å². The number of rotatable bonds is 5. The van der Waals surface area contributed by atoms with Crippen LogP contribution in [0.1, 0.15) is 20.8 Å². The number of anilines is 1. The summed E-state index contributed by atoms with van der Waals surface area (Å²) in [6, 6.07) is 7.45. The van der Waals surface area contributed by atoms with Crippen molar-refractivity contribution in [2.45, 2.75) is 20.8 Å². The fraction of sp³-hybridized carbons (Fsp3) is 0.462. The Bertz CT molecular complexity index is 391. The summed E-state index contributed by atoms with van der Waals surface area (Å²) in [7, 11) is 0. The van der Waals surface area contributed by atoms with Gasteiger partial charge in [-0.05, 0) is 12.1 Å². The fourth-order valence-electron chi connectivity index (χ4n) is 1.20. The lowest BCUT2D eigenvalue weighted by atomic mass is 9.98. The van der Waals surface area contributed by atoms with Gasteiger partial charge in [0.2, 0.25) is 5.91 Å². The zero-order valence-corrected chi connectivity index (χ0v) is 12.0. The predicted octanol–water partition coefficient (Wildman–Crippen LogP) is 3.44. The van der Waals surface area contributed by atoms with Crippen molar-refractivity contribution < 1.29 is 9.53 Å². The average molecular weight is 300 g/mol. The molecule has 0 spiro atoms. The van der Waals surface area contributed by atoms with Crippen LogP contribution in [0.15, 0.2) is 24.3 Å². The zero-order chi connectivity index (χ0) is 12.9. The smallest absolute Gasteiger partial charge is 0.221 e. The van der Waals surface area contributed by atoms with Gasteiger partial charge in [-0.3, -0.25) is 4.79 Å². The highest BCUT2D eigenvalue weighted by Gasteiger charge is 2.17. The minimum Gasteiger partial charge on any atom is -0.491 e. The summed E-state index contributed by atoms with van der Waals surface area (Å²) in [5.74, 6) is 0.609. The van der Waals surface area contributed by atoms with Crippen LogP contribution in [0.5, 0.6) is 5.75 Å². The Morgan fingerprint density at radius 2 is 2.06 bits per heavy atom. The number of hydrogen-bond donors (Lipinski definition) is 1. The second kappa shape index (κ2) is 6.05. The highest BCUT2D eigenvalue weighted by molar-refractivity contribution is 9.09. The Morgan fingerprint density at radius 3 is 2.65 bits per heavy atom. The Balaban J connectivity index is 2.73. The molecule has 0 saturated heterocycles. The van der Waals surface area contributed by atoms with E-state index in [-0.39, 0.29) is 11.3 Å². The van der Waals surface area contributed by atoms with Crippen LogP contribution in [0.4, 0.5) is 5.69 Å². The van der Waals surface area contributed by atoms with Crippen molar-refractivity contribution in [1.29, 1.82) is 0 Å². The molecule has 1 aromatic carbocycles. The van der Waals surface area contributed by atoms with Gasteiger partial charge in [-0.25, -0.2) is 0 Å². The standard InChI is InChI=1S/C13H18BrNO2/c1-10(16)15-11-6-4-5-7-12(11)17-9-13(2,3)8-14/h4-7H,8-9H2,1-3H3,(H,15,16). The molecule has 0 aliphatic heterocycles. The molecule has 0 unspecified atom stereocenters. The number of carbonyl (C=O) groups excluding carboxylic acids is 1. The molecule has 1 rings (SSSR count). The Kier molecular flexibility index (Phi) is 5.00. The molecule has 17 heavy (non-hydrogen) atoms. The van der Waals surface area contributed by atoms with E-state index in [9.17, 15) is 4.79 Å². The van der Waals surface area contributed by atoms with Gasteiger partial charge in [0.05, 0.1) is 12.3 Å². The molecule has 1 aromatic rings. The number of benzene rings is 1. The maximum absolute atomic E-state index is 11.0. The van der Waals surface area contributed by atoms with Crippen molar-refractivity contribution in [3.8, 4) is 5.75 Å². The summed E-state index contributed by atoms with van der Waals surface area (Å²) >= 11 is 3.45. The molecule has 0 fully saturated rings. The van der Waals surface area contributed by atoms with Gasteiger partial charge in [0.25, 0.3) is 0 Å². The van der Waals surface area contributed by atoms with E-state index >= 15 is 0 Å². The fourth-order valence-corrected chi connectivity index (χ4v) is 1.36. The van der Waals surface area contributed by atoms with Gasteiger partial charge in [-0.15, -0.1) is 0 Å². The number of hydrogen-bond acceptors (Lipinski definition) is 2. The Hall–Kier alpha value is -1.03. The van der Waals surface area contributed by atoms with Gasteiger partial charge in [0.1, 0.15) is 5.75 Å².